The Bertz CT molecular complexity index is 526. The van der Waals surface area contributed by atoms with Crippen LogP contribution in [0.25, 0.3) is 12.2 Å². The monoisotopic (exact) mass is 214 g/mol. The molecule has 0 spiro atoms. The molecule has 0 bridgehead atoms. The second kappa shape index (κ2) is 4.31. The van der Waals surface area contributed by atoms with Crippen LogP contribution in [0.2, 0.25) is 0 Å². The van der Waals surface area contributed by atoms with E-state index in [-0.39, 0.29) is 0 Å². The number of rotatable bonds is 2. The SMILES string of the molecule is Cc1ccc(C)c(C=Cc2nnc(C)o2)c1. The van der Waals surface area contributed by atoms with Gasteiger partial charge < -0.3 is 4.42 Å². The fourth-order valence-electron chi connectivity index (χ4n) is 1.48. The lowest BCUT2D eigenvalue weighted by molar-refractivity contribution is 0.510. The highest BCUT2D eigenvalue weighted by Gasteiger charge is 1.98. The average molecular weight is 214 g/mol. The Hall–Kier alpha value is -1.90. The number of hydrogen-bond donors (Lipinski definition) is 0. The third-order valence-corrected chi connectivity index (χ3v) is 2.38. The van der Waals surface area contributed by atoms with E-state index in [2.05, 4.69) is 42.2 Å². The molecule has 1 heterocycles. The maximum Gasteiger partial charge on any atom is 0.240 e. The molecule has 1 aromatic carbocycles. The van der Waals surface area contributed by atoms with Gasteiger partial charge in [-0.1, -0.05) is 23.8 Å². The van der Waals surface area contributed by atoms with E-state index >= 15 is 0 Å². The minimum Gasteiger partial charge on any atom is -0.422 e. The van der Waals surface area contributed by atoms with E-state index in [1.165, 1.54) is 16.7 Å². The van der Waals surface area contributed by atoms with Crippen LogP contribution in [0.4, 0.5) is 0 Å². The van der Waals surface area contributed by atoms with Crippen LogP contribution >= 0.6 is 0 Å². The zero-order valence-electron chi connectivity index (χ0n) is 9.69. The lowest BCUT2D eigenvalue weighted by atomic mass is 10.1. The predicted molar refractivity (Wildman–Crippen MR) is 63.9 cm³/mol. The summed E-state index contributed by atoms with van der Waals surface area (Å²) >= 11 is 0. The zero-order chi connectivity index (χ0) is 11.5. The summed E-state index contributed by atoms with van der Waals surface area (Å²) in [5, 5.41) is 7.68. The molecule has 82 valence electrons. The molecule has 0 N–H and O–H groups in total. The Morgan fingerprint density at radius 2 is 1.88 bits per heavy atom. The number of nitrogens with zero attached hydrogens (tertiary/aromatic N) is 2. The van der Waals surface area contributed by atoms with Gasteiger partial charge in [0.05, 0.1) is 0 Å². The van der Waals surface area contributed by atoms with Gasteiger partial charge in [0.2, 0.25) is 11.8 Å². The minimum atomic E-state index is 0.540. The van der Waals surface area contributed by atoms with Crippen molar-refractivity contribution in [1.29, 1.82) is 0 Å². The molecule has 0 aliphatic heterocycles. The molecule has 0 saturated carbocycles. The van der Waals surface area contributed by atoms with Crippen molar-refractivity contribution in [2.45, 2.75) is 20.8 Å². The van der Waals surface area contributed by atoms with E-state index in [1.807, 2.05) is 12.2 Å². The summed E-state index contributed by atoms with van der Waals surface area (Å²) in [5.74, 6) is 1.12. The largest absolute Gasteiger partial charge is 0.422 e. The molecule has 3 nitrogen and oxygen atoms in total. The summed E-state index contributed by atoms with van der Waals surface area (Å²) in [6, 6.07) is 6.34. The molecule has 0 unspecified atom stereocenters. The van der Waals surface area contributed by atoms with Crippen LogP contribution in [0.3, 0.4) is 0 Å². The maximum atomic E-state index is 5.27. The normalized spacial score (nSPS) is 11.2. The van der Waals surface area contributed by atoms with Crippen LogP contribution in [0, 0.1) is 20.8 Å². The molecule has 0 fully saturated rings. The molecular formula is C13H14N2O. The fourth-order valence-corrected chi connectivity index (χ4v) is 1.48. The molecule has 0 atom stereocenters. The van der Waals surface area contributed by atoms with Crippen LogP contribution in [0.15, 0.2) is 22.6 Å². The van der Waals surface area contributed by atoms with E-state index in [1.54, 1.807) is 6.92 Å². The summed E-state index contributed by atoms with van der Waals surface area (Å²) < 4.78 is 5.27. The Balaban J connectivity index is 2.26. The molecule has 1 aromatic heterocycles. The van der Waals surface area contributed by atoms with Crippen LogP contribution in [-0.2, 0) is 0 Å². The third-order valence-electron chi connectivity index (χ3n) is 2.38. The summed E-state index contributed by atoms with van der Waals surface area (Å²) in [7, 11) is 0. The van der Waals surface area contributed by atoms with E-state index in [0.717, 1.165) is 0 Å². The first-order chi connectivity index (χ1) is 7.65. The van der Waals surface area contributed by atoms with E-state index in [9.17, 15) is 0 Å². The minimum absolute atomic E-state index is 0.540. The van der Waals surface area contributed by atoms with Gasteiger partial charge in [-0.05, 0) is 31.1 Å². The van der Waals surface area contributed by atoms with Crippen LogP contribution in [0.1, 0.15) is 28.5 Å². The number of aromatic nitrogens is 2. The topological polar surface area (TPSA) is 38.9 Å². The lowest BCUT2D eigenvalue weighted by Crippen LogP contribution is -1.82. The first-order valence-corrected chi connectivity index (χ1v) is 5.20. The Kier molecular flexibility index (Phi) is 2.86. The Morgan fingerprint density at radius 3 is 2.56 bits per heavy atom. The first kappa shape index (κ1) is 10.6. The van der Waals surface area contributed by atoms with Crippen molar-refractivity contribution in [2.75, 3.05) is 0 Å². The summed E-state index contributed by atoms with van der Waals surface area (Å²) in [5.41, 5.74) is 3.65. The van der Waals surface area contributed by atoms with Crippen molar-refractivity contribution in [1.82, 2.24) is 10.2 Å². The molecule has 2 aromatic rings. The molecule has 0 aliphatic carbocycles. The van der Waals surface area contributed by atoms with Crippen LogP contribution < -0.4 is 0 Å². The average Bonchev–Trinajstić information content (AvgIpc) is 2.66. The van der Waals surface area contributed by atoms with Crippen molar-refractivity contribution in [3.63, 3.8) is 0 Å². The predicted octanol–water partition coefficient (Wildman–Crippen LogP) is 3.17. The molecular weight excluding hydrogens is 200 g/mol. The van der Waals surface area contributed by atoms with Crippen LogP contribution in [0.5, 0.6) is 0 Å². The highest BCUT2D eigenvalue weighted by molar-refractivity contribution is 5.68. The quantitative estimate of drug-likeness (QED) is 0.770. The van der Waals surface area contributed by atoms with Crippen molar-refractivity contribution < 1.29 is 4.42 Å². The highest BCUT2D eigenvalue weighted by atomic mass is 16.4. The molecule has 0 saturated heterocycles. The lowest BCUT2D eigenvalue weighted by Gasteiger charge is -2.00. The highest BCUT2D eigenvalue weighted by Crippen LogP contribution is 2.14. The van der Waals surface area contributed by atoms with Crippen molar-refractivity contribution in [2.24, 2.45) is 0 Å². The Labute approximate surface area is 94.8 Å². The summed E-state index contributed by atoms with van der Waals surface area (Å²) in [6.45, 7) is 5.94. The van der Waals surface area contributed by atoms with Gasteiger partial charge in [0.25, 0.3) is 0 Å². The zero-order valence-corrected chi connectivity index (χ0v) is 9.69. The molecule has 16 heavy (non-hydrogen) atoms. The van der Waals surface area contributed by atoms with Gasteiger partial charge in [-0.25, -0.2) is 0 Å². The molecule has 2 rings (SSSR count). The van der Waals surface area contributed by atoms with Crippen molar-refractivity contribution in [3.8, 4) is 0 Å². The molecule has 0 aliphatic rings. The molecule has 0 radical (unpaired) electrons. The maximum absolute atomic E-state index is 5.27. The number of aryl methyl sites for hydroxylation is 3. The molecule has 3 heteroatoms. The second-order valence-electron chi connectivity index (χ2n) is 3.85. The third kappa shape index (κ3) is 2.37. The number of benzene rings is 1. The van der Waals surface area contributed by atoms with Gasteiger partial charge in [0.15, 0.2) is 0 Å². The fraction of sp³-hybridized carbons (Fsp3) is 0.231. The Morgan fingerprint density at radius 1 is 1.06 bits per heavy atom. The second-order valence-corrected chi connectivity index (χ2v) is 3.85. The van der Waals surface area contributed by atoms with Crippen LogP contribution in [-0.4, -0.2) is 10.2 Å². The number of hydrogen-bond acceptors (Lipinski definition) is 3. The van der Waals surface area contributed by atoms with E-state index in [4.69, 9.17) is 4.42 Å². The smallest absolute Gasteiger partial charge is 0.240 e. The van der Waals surface area contributed by atoms with Gasteiger partial charge in [-0.2, -0.15) is 0 Å². The van der Waals surface area contributed by atoms with Gasteiger partial charge in [0, 0.05) is 13.0 Å². The van der Waals surface area contributed by atoms with Gasteiger partial charge >= 0.3 is 0 Å². The van der Waals surface area contributed by atoms with Gasteiger partial charge in [0.1, 0.15) is 0 Å². The van der Waals surface area contributed by atoms with Gasteiger partial charge in [-0.15, -0.1) is 10.2 Å². The van der Waals surface area contributed by atoms with E-state index in [0.29, 0.717) is 11.8 Å². The molecule has 0 amide bonds. The summed E-state index contributed by atoms with van der Waals surface area (Å²) in [6.07, 6.45) is 3.83. The van der Waals surface area contributed by atoms with Crippen molar-refractivity contribution >= 4 is 12.2 Å². The van der Waals surface area contributed by atoms with Crippen molar-refractivity contribution in [3.05, 3.63) is 46.7 Å². The summed E-state index contributed by atoms with van der Waals surface area (Å²) in [4.78, 5) is 0. The standard InChI is InChI=1S/C13H14N2O/c1-9-4-5-10(2)12(8-9)6-7-13-15-14-11(3)16-13/h4-8H,1-3H3. The van der Waals surface area contributed by atoms with E-state index < -0.39 is 0 Å². The van der Waals surface area contributed by atoms with Gasteiger partial charge in [-0.3, -0.25) is 0 Å². The first-order valence-electron chi connectivity index (χ1n) is 5.20.